The molecular formula is C14H12N4O. The monoisotopic (exact) mass is 252 g/mol. The number of fused-ring (bicyclic) bond motifs is 1. The molecule has 0 aliphatic heterocycles. The maximum atomic E-state index is 12.4. The Balaban J connectivity index is 1.95. The zero-order valence-electron chi connectivity index (χ0n) is 10.4. The lowest BCUT2D eigenvalue weighted by Crippen LogP contribution is -2.26. The van der Waals surface area contributed by atoms with Crippen LogP contribution in [0.3, 0.4) is 0 Å². The van der Waals surface area contributed by atoms with Crippen LogP contribution in [-0.4, -0.2) is 27.9 Å². The summed E-state index contributed by atoms with van der Waals surface area (Å²) in [5.74, 6) is 0.521. The Hall–Kier alpha value is -2.69. The number of amides is 1. The zero-order valence-corrected chi connectivity index (χ0v) is 10.4. The van der Waals surface area contributed by atoms with Crippen LogP contribution >= 0.6 is 0 Å². The first kappa shape index (κ1) is 11.4. The maximum Gasteiger partial charge on any atom is 0.259 e. The second-order valence-electron chi connectivity index (χ2n) is 4.19. The smallest absolute Gasteiger partial charge is 0.259 e. The van der Waals surface area contributed by atoms with Gasteiger partial charge in [0, 0.05) is 18.8 Å². The molecule has 5 nitrogen and oxygen atoms in total. The summed E-state index contributed by atoms with van der Waals surface area (Å²) in [7, 11) is 1.71. The summed E-state index contributed by atoms with van der Waals surface area (Å²) in [6, 6.07) is 10.9. The Labute approximate surface area is 109 Å². The van der Waals surface area contributed by atoms with E-state index in [4.69, 9.17) is 0 Å². The normalized spacial score (nSPS) is 10.6. The van der Waals surface area contributed by atoms with Crippen molar-refractivity contribution < 1.29 is 4.79 Å². The van der Waals surface area contributed by atoms with Crippen LogP contribution in [-0.2, 0) is 0 Å². The van der Waals surface area contributed by atoms with Gasteiger partial charge in [-0.3, -0.25) is 9.69 Å². The summed E-state index contributed by atoms with van der Waals surface area (Å²) in [5.41, 5.74) is 2.29. The molecule has 0 saturated carbocycles. The fraction of sp³-hybridized carbons (Fsp3) is 0.0714. The Bertz CT molecular complexity index is 720. The molecule has 1 N–H and O–H groups in total. The van der Waals surface area contributed by atoms with Gasteiger partial charge in [0.2, 0.25) is 0 Å². The molecule has 94 valence electrons. The van der Waals surface area contributed by atoms with E-state index in [9.17, 15) is 4.79 Å². The quantitative estimate of drug-likeness (QED) is 0.760. The fourth-order valence-corrected chi connectivity index (χ4v) is 1.92. The number of imidazole rings is 1. The average molecular weight is 252 g/mol. The molecule has 5 heteroatoms. The third kappa shape index (κ3) is 2.06. The molecule has 0 spiro atoms. The van der Waals surface area contributed by atoms with Crippen LogP contribution < -0.4 is 4.90 Å². The van der Waals surface area contributed by atoms with E-state index in [2.05, 4.69) is 15.0 Å². The minimum Gasteiger partial charge on any atom is -0.345 e. The molecule has 0 fully saturated rings. The molecule has 3 aromatic rings. The van der Waals surface area contributed by atoms with Gasteiger partial charge in [0.25, 0.3) is 5.91 Å². The van der Waals surface area contributed by atoms with Crippen LogP contribution in [0.25, 0.3) is 11.0 Å². The Kier molecular flexibility index (Phi) is 2.72. The predicted molar refractivity (Wildman–Crippen MR) is 73.1 cm³/mol. The highest BCUT2D eigenvalue weighted by Gasteiger charge is 2.14. The Morgan fingerprint density at radius 1 is 1.21 bits per heavy atom. The van der Waals surface area contributed by atoms with Crippen molar-refractivity contribution >= 4 is 22.8 Å². The number of pyridine rings is 1. The molecule has 0 aliphatic rings. The van der Waals surface area contributed by atoms with E-state index in [0.29, 0.717) is 11.4 Å². The van der Waals surface area contributed by atoms with E-state index in [1.54, 1.807) is 37.8 Å². The second kappa shape index (κ2) is 4.53. The maximum absolute atomic E-state index is 12.4. The van der Waals surface area contributed by atoms with Gasteiger partial charge in [-0.1, -0.05) is 6.07 Å². The number of hydrogen-bond donors (Lipinski definition) is 1. The third-order valence-corrected chi connectivity index (χ3v) is 2.96. The van der Waals surface area contributed by atoms with E-state index in [1.165, 1.54) is 4.90 Å². The molecule has 0 saturated heterocycles. The van der Waals surface area contributed by atoms with Crippen LogP contribution in [0.1, 0.15) is 10.4 Å². The van der Waals surface area contributed by atoms with Gasteiger partial charge >= 0.3 is 0 Å². The van der Waals surface area contributed by atoms with Gasteiger partial charge in [-0.05, 0) is 30.3 Å². The fourth-order valence-electron chi connectivity index (χ4n) is 1.92. The molecule has 0 unspecified atom stereocenters. The molecule has 2 aromatic heterocycles. The molecule has 1 aromatic carbocycles. The number of carbonyl (C=O) groups excluding carboxylic acids is 1. The number of benzene rings is 1. The molecule has 0 bridgehead atoms. The molecule has 19 heavy (non-hydrogen) atoms. The minimum atomic E-state index is -0.102. The molecule has 3 rings (SSSR count). The largest absolute Gasteiger partial charge is 0.345 e. The van der Waals surface area contributed by atoms with Gasteiger partial charge in [0.1, 0.15) is 5.82 Å². The number of hydrogen-bond acceptors (Lipinski definition) is 3. The standard InChI is InChI=1S/C14H12N4O/c1-18(13-4-2-3-7-15-13)14(19)10-5-6-11-12(8-10)17-9-16-11/h2-9H,1H3,(H,16,17). The minimum absolute atomic E-state index is 0.102. The van der Waals surface area contributed by atoms with Crippen molar-refractivity contribution in [1.29, 1.82) is 0 Å². The van der Waals surface area contributed by atoms with E-state index in [-0.39, 0.29) is 5.91 Å². The molecule has 0 atom stereocenters. The Morgan fingerprint density at radius 2 is 2.11 bits per heavy atom. The van der Waals surface area contributed by atoms with E-state index in [0.717, 1.165) is 11.0 Å². The summed E-state index contributed by atoms with van der Waals surface area (Å²) in [6.45, 7) is 0. The van der Waals surface area contributed by atoms with Crippen molar-refractivity contribution in [2.45, 2.75) is 0 Å². The second-order valence-corrected chi connectivity index (χ2v) is 4.19. The summed E-state index contributed by atoms with van der Waals surface area (Å²) in [6.07, 6.45) is 3.28. The van der Waals surface area contributed by atoms with Crippen molar-refractivity contribution in [3.8, 4) is 0 Å². The van der Waals surface area contributed by atoms with E-state index in [1.807, 2.05) is 18.2 Å². The first-order valence-electron chi connectivity index (χ1n) is 5.88. The third-order valence-electron chi connectivity index (χ3n) is 2.96. The lowest BCUT2D eigenvalue weighted by atomic mass is 10.2. The number of aromatic nitrogens is 3. The molecular weight excluding hydrogens is 240 g/mol. The van der Waals surface area contributed by atoms with Crippen molar-refractivity contribution in [1.82, 2.24) is 15.0 Å². The highest BCUT2D eigenvalue weighted by molar-refractivity contribution is 6.06. The number of carbonyl (C=O) groups is 1. The first-order valence-corrected chi connectivity index (χ1v) is 5.88. The lowest BCUT2D eigenvalue weighted by Gasteiger charge is -2.15. The summed E-state index contributed by atoms with van der Waals surface area (Å²) in [5, 5.41) is 0. The van der Waals surface area contributed by atoms with Gasteiger partial charge < -0.3 is 4.98 Å². The predicted octanol–water partition coefficient (Wildman–Crippen LogP) is 2.23. The number of aromatic amines is 1. The van der Waals surface area contributed by atoms with Gasteiger partial charge in [-0.15, -0.1) is 0 Å². The first-order chi connectivity index (χ1) is 9.25. The van der Waals surface area contributed by atoms with Crippen LogP contribution in [0, 0.1) is 0 Å². The molecule has 0 aliphatic carbocycles. The lowest BCUT2D eigenvalue weighted by molar-refractivity contribution is 0.0992. The summed E-state index contributed by atoms with van der Waals surface area (Å²) >= 11 is 0. The Morgan fingerprint density at radius 3 is 2.89 bits per heavy atom. The van der Waals surface area contributed by atoms with Gasteiger partial charge in [-0.25, -0.2) is 9.97 Å². The SMILES string of the molecule is CN(C(=O)c1ccc2nc[nH]c2c1)c1ccccn1. The van der Waals surface area contributed by atoms with Gasteiger partial charge in [0.05, 0.1) is 17.4 Å². The topological polar surface area (TPSA) is 61.9 Å². The van der Waals surface area contributed by atoms with Crippen molar-refractivity contribution in [3.63, 3.8) is 0 Å². The summed E-state index contributed by atoms with van der Waals surface area (Å²) < 4.78 is 0. The van der Waals surface area contributed by atoms with Crippen LogP contribution in [0.4, 0.5) is 5.82 Å². The van der Waals surface area contributed by atoms with Crippen molar-refractivity contribution in [2.24, 2.45) is 0 Å². The molecule has 2 heterocycles. The zero-order chi connectivity index (χ0) is 13.2. The number of anilines is 1. The average Bonchev–Trinajstić information content (AvgIpc) is 2.94. The highest BCUT2D eigenvalue weighted by atomic mass is 16.2. The molecule has 0 radical (unpaired) electrons. The van der Waals surface area contributed by atoms with Gasteiger partial charge in [-0.2, -0.15) is 0 Å². The number of rotatable bonds is 2. The van der Waals surface area contributed by atoms with Crippen LogP contribution in [0.5, 0.6) is 0 Å². The van der Waals surface area contributed by atoms with E-state index >= 15 is 0 Å². The number of nitrogens with one attached hydrogen (secondary N) is 1. The van der Waals surface area contributed by atoms with Crippen molar-refractivity contribution in [2.75, 3.05) is 11.9 Å². The van der Waals surface area contributed by atoms with E-state index < -0.39 is 0 Å². The molecule has 1 amide bonds. The van der Waals surface area contributed by atoms with Gasteiger partial charge in [0.15, 0.2) is 0 Å². The van der Waals surface area contributed by atoms with Crippen LogP contribution in [0.15, 0.2) is 48.9 Å². The van der Waals surface area contributed by atoms with Crippen LogP contribution in [0.2, 0.25) is 0 Å². The number of H-pyrrole nitrogens is 1. The summed E-state index contributed by atoms with van der Waals surface area (Å²) in [4.78, 5) is 25.2. The van der Waals surface area contributed by atoms with Crippen molar-refractivity contribution in [3.05, 3.63) is 54.5 Å². The number of nitrogens with zero attached hydrogens (tertiary/aromatic N) is 3. The highest BCUT2D eigenvalue weighted by Crippen LogP contribution is 2.15.